The second-order valence-corrected chi connectivity index (χ2v) is 5.20. The quantitative estimate of drug-likeness (QED) is 0.297. The van der Waals surface area contributed by atoms with Crippen molar-refractivity contribution in [3.05, 3.63) is 62.2 Å². The van der Waals surface area contributed by atoms with E-state index in [4.69, 9.17) is 0 Å². The Morgan fingerprint density at radius 3 is 2.67 bits per heavy atom. The van der Waals surface area contributed by atoms with Crippen molar-refractivity contribution in [2.75, 3.05) is 5.75 Å². The molecule has 7 nitrogen and oxygen atoms in total. The van der Waals surface area contributed by atoms with Crippen molar-refractivity contribution >= 4 is 23.2 Å². The minimum absolute atomic E-state index is 0.0616. The van der Waals surface area contributed by atoms with E-state index in [-0.39, 0.29) is 17.2 Å². The Morgan fingerprint density at radius 1 is 1.38 bits per heavy atom. The van der Waals surface area contributed by atoms with Crippen molar-refractivity contribution < 1.29 is 9.72 Å². The zero-order chi connectivity index (χ0) is 15.4. The van der Waals surface area contributed by atoms with Crippen LogP contribution in [0.3, 0.4) is 0 Å². The average molecular weight is 305 g/mol. The molecule has 0 saturated carbocycles. The summed E-state index contributed by atoms with van der Waals surface area (Å²) in [7, 11) is 0. The Bertz CT molecular complexity index is 740. The number of nitrogens with zero attached hydrogens (tertiary/aromatic N) is 2. The molecule has 0 aliphatic heterocycles. The molecule has 1 N–H and O–H groups in total. The molecule has 0 bridgehead atoms. The second-order valence-electron chi connectivity index (χ2n) is 4.22. The highest BCUT2D eigenvalue weighted by atomic mass is 32.2. The van der Waals surface area contributed by atoms with Crippen molar-refractivity contribution in [1.29, 1.82) is 0 Å². The zero-order valence-corrected chi connectivity index (χ0v) is 11.8. The molecule has 0 unspecified atom stereocenters. The Balaban J connectivity index is 2.06. The van der Waals surface area contributed by atoms with Gasteiger partial charge < -0.3 is 4.98 Å². The van der Waals surface area contributed by atoms with Crippen LogP contribution in [-0.4, -0.2) is 26.4 Å². The van der Waals surface area contributed by atoms with E-state index in [0.717, 1.165) is 5.56 Å². The van der Waals surface area contributed by atoms with E-state index in [1.54, 1.807) is 6.92 Å². The van der Waals surface area contributed by atoms with Gasteiger partial charge in [-0.3, -0.25) is 14.9 Å². The lowest BCUT2D eigenvalue weighted by Gasteiger charge is -2.04. The van der Waals surface area contributed by atoms with Crippen LogP contribution < -0.4 is 5.69 Å². The van der Waals surface area contributed by atoms with E-state index in [9.17, 15) is 19.7 Å². The molecule has 0 radical (unpaired) electrons. The predicted molar refractivity (Wildman–Crippen MR) is 77.7 cm³/mol. The topological polar surface area (TPSA) is 106 Å². The number of hydrogen-bond acceptors (Lipinski definition) is 6. The number of rotatable bonds is 5. The minimum Gasteiger partial charge on any atom is -0.300 e. The number of aryl methyl sites for hydroxylation is 1. The number of aromatic nitrogens is 2. The maximum Gasteiger partial charge on any atom is 0.345 e. The van der Waals surface area contributed by atoms with E-state index in [0.29, 0.717) is 10.6 Å². The number of nitro groups is 1. The Morgan fingerprint density at radius 2 is 2.05 bits per heavy atom. The fourth-order valence-corrected chi connectivity index (χ4v) is 2.46. The molecule has 2 aromatic rings. The summed E-state index contributed by atoms with van der Waals surface area (Å²) in [6.45, 7) is 1.78. The molecule has 0 amide bonds. The van der Waals surface area contributed by atoms with Crippen molar-refractivity contribution in [3.8, 4) is 0 Å². The number of benzene rings is 1. The molecule has 0 spiro atoms. The van der Waals surface area contributed by atoms with E-state index >= 15 is 0 Å². The number of carbonyl (C=O) groups excluding carboxylic acids is 1. The first-order valence-corrected chi connectivity index (χ1v) is 6.92. The number of nitrogens with one attached hydrogen (secondary N) is 1. The lowest BCUT2D eigenvalue weighted by atomic mass is 10.1. The number of carbonyl (C=O) groups is 1. The third-order valence-corrected chi connectivity index (χ3v) is 3.82. The number of H-pyrrole nitrogens is 1. The fourth-order valence-electron chi connectivity index (χ4n) is 1.58. The molecule has 1 aromatic carbocycles. The highest BCUT2D eigenvalue weighted by Crippen LogP contribution is 2.20. The highest BCUT2D eigenvalue weighted by Gasteiger charge is 2.11. The van der Waals surface area contributed by atoms with E-state index in [1.165, 1.54) is 42.2 Å². The zero-order valence-electron chi connectivity index (χ0n) is 11.0. The van der Waals surface area contributed by atoms with Crippen LogP contribution in [0.2, 0.25) is 0 Å². The molecule has 2 rings (SSSR count). The van der Waals surface area contributed by atoms with Crippen molar-refractivity contribution in [2.45, 2.75) is 11.9 Å². The van der Waals surface area contributed by atoms with Gasteiger partial charge in [-0.1, -0.05) is 11.8 Å². The molecule has 21 heavy (non-hydrogen) atoms. The molecule has 0 aliphatic carbocycles. The lowest BCUT2D eigenvalue weighted by Crippen LogP contribution is -2.12. The van der Waals surface area contributed by atoms with Crippen LogP contribution in [0.25, 0.3) is 0 Å². The molecular formula is C13H11N3O4S. The molecule has 1 aromatic heterocycles. The van der Waals surface area contributed by atoms with Gasteiger partial charge in [0, 0.05) is 23.9 Å². The highest BCUT2D eigenvalue weighted by molar-refractivity contribution is 8.00. The number of hydrogen-bond donors (Lipinski definition) is 1. The summed E-state index contributed by atoms with van der Waals surface area (Å²) in [5, 5.41) is 11.1. The largest absolute Gasteiger partial charge is 0.345 e. The molecular weight excluding hydrogens is 294 g/mol. The Labute approximate surface area is 123 Å². The Kier molecular flexibility index (Phi) is 4.49. The van der Waals surface area contributed by atoms with Gasteiger partial charge in [0.05, 0.1) is 15.7 Å². The minimum atomic E-state index is -0.520. The third-order valence-electron chi connectivity index (χ3n) is 2.70. The van der Waals surface area contributed by atoms with Gasteiger partial charge in [-0.15, -0.1) is 0 Å². The number of aromatic amines is 1. The summed E-state index contributed by atoms with van der Waals surface area (Å²) in [6, 6.07) is 5.42. The summed E-state index contributed by atoms with van der Waals surface area (Å²) in [4.78, 5) is 39.3. The van der Waals surface area contributed by atoms with Gasteiger partial charge in [-0.25, -0.2) is 9.78 Å². The van der Waals surface area contributed by atoms with Gasteiger partial charge in [0.25, 0.3) is 5.69 Å². The molecule has 8 heteroatoms. The molecule has 0 saturated heterocycles. The first-order chi connectivity index (χ1) is 9.97. The number of Topliss-reactive ketones (excluding diaryl/α,β-unsaturated/α-hetero) is 1. The van der Waals surface area contributed by atoms with Crippen molar-refractivity contribution in [3.63, 3.8) is 0 Å². The smallest absolute Gasteiger partial charge is 0.300 e. The summed E-state index contributed by atoms with van der Waals surface area (Å²) in [6.07, 6.45) is 1.44. The monoisotopic (exact) mass is 305 g/mol. The standard InChI is InChI=1S/C13H11N3O4S/c1-8-6-14-13(18)15-12(8)21-7-11(17)9-2-4-10(5-3-9)16(19)20/h2-6H,7H2,1H3,(H,14,15,18). The van der Waals surface area contributed by atoms with Crippen LogP contribution in [0.5, 0.6) is 0 Å². The molecule has 0 fully saturated rings. The van der Waals surface area contributed by atoms with Crippen LogP contribution in [0, 0.1) is 17.0 Å². The normalized spacial score (nSPS) is 10.3. The molecule has 1 heterocycles. The van der Waals surface area contributed by atoms with Gasteiger partial charge in [-0.2, -0.15) is 0 Å². The SMILES string of the molecule is Cc1cnc(=O)[nH]c1SCC(=O)c1ccc([N+](=O)[O-])cc1. The number of thioether (sulfide) groups is 1. The van der Waals surface area contributed by atoms with Gasteiger partial charge in [0.2, 0.25) is 0 Å². The maximum absolute atomic E-state index is 12.0. The number of nitro benzene ring substituents is 1. The van der Waals surface area contributed by atoms with Gasteiger partial charge in [0.15, 0.2) is 5.78 Å². The predicted octanol–water partition coefficient (Wildman–Crippen LogP) is 1.96. The lowest BCUT2D eigenvalue weighted by molar-refractivity contribution is -0.384. The second kappa shape index (κ2) is 6.31. The molecule has 108 valence electrons. The molecule has 0 atom stereocenters. The number of ketones is 1. The van der Waals surface area contributed by atoms with Crippen molar-refractivity contribution in [2.24, 2.45) is 0 Å². The summed E-state index contributed by atoms with van der Waals surface area (Å²) < 4.78 is 0. The van der Waals surface area contributed by atoms with Crippen LogP contribution in [0.1, 0.15) is 15.9 Å². The van der Waals surface area contributed by atoms with E-state index < -0.39 is 10.6 Å². The third kappa shape index (κ3) is 3.76. The maximum atomic E-state index is 12.0. The van der Waals surface area contributed by atoms with E-state index in [2.05, 4.69) is 9.97 Å². The van der Waals surface area contributed by atoms with Gasteiger partial charge in [0.1, 0.15) is 0 Å². The Hall–Kier alpha value is -2.48. The van der Waals surface area contributed by atoms with Crippen LogP contribution in [0.4, 0.5) is 5.69 Å². The van der Waals surface area contributed by atoms with Gasteiger partial charge in [-0.05, 0) is 24.6 Å². The van der Waals surface area contributed by atoms with Crippen LogP contribution in [-0.2, 0) is 0 Å². The first kappa shape index (κ1) is 14.9. The van der Waals surface area contributed by atoms with E-state index in [1.807, 2.05) is 0 Å². The van der Waals surface area contributed by atoms with Crippen LogP contribution in [0.15, 0.2) is 40.3 Å². The fraction of sp³-hybridized carbons (Fsp3) is 0.154. The summed E-state index contributed by atoms with van der Waals surface area (Å²) in [5.74, 6) is -0.0505. The van der Waals surface area contributed by atoms with Crippen LogP contribution >= 0.6 is 11.8 Å². The summed E-state index contributed by atoms with van der Waals surface area (Å²) in [5.41, 5.74) is 0.637. The summed E-state index contributed by atoms with van der Waals surface area (Å²) >= 11 is 1.20. The van der Waals surface area contributed by atoms with Crippen molar-refractivity contribution in [1.82, 2.24) is 9.97 Å². The first-order valence-electron chi connectivity index (χ1n) is 5.94. The molecule has 0 aliphatic rings. The number of non-ortho nitro benzene ring substituents is 1. The van der Waals surface area contributed by atoms with Gasteiger partial charge >= 0.3 is 5.69 Å². The average Bonchev–Trinajstić information content (AvgIpc) is 2.48.